The van der Waals surface area contributed by atoms with Crippen LogP contribution in [0.2, 0.25) is 0 Å². The second-order valence-electron chi connectivity index (χ2n) is 12.1. The van der Waals surface area contributed by atoms with Gasteiger partial charge in [-0.25, -0.2) is 19.2 Å². The third kappa shape index (κ3) is 22.1. The topological polar surface area (TPSA) is 180 Å². The smallest absolute Gasteiger partial charge is 0.475 e. The molecular weight excluding hydrogens is 748 g/mol. The van der Waals surface area contributed by atoms with Crippen molar-refractivity contribution in [1.29, 1.82) is 0 Å². The molecule has 52 heavy (non-hydrogen) atoms. The van der Waals surface area contributed by atoms with Gasteiger partial charge in [0, 0.05) is 11.1 Å². The molecule has 24 heteroatoms. The van der Waals surface area contributed by atoms with Crippen LogP contribution in [0.15, 0.2) is 0 Å². The van der Waals surface area contributed by atoms with Crippen LogP contribution in [0.3, 0.4) is 0 Å². The van der Waals surface area contributed by atoms with Crippen LogP contribution in [-0.2, 0) is 19.2 Å². The van der Waals surface area contributed by atoms with Gasteiger partial charge in [0.1, 0.15) is 0 Å². The fraction of sp³-hybridized carbons (Fsp3) is 0.857. The lowest BCUT2D eigenvalue weighted by Gasteiger charge is -2.42. The van der Waals surface area contributed by atoms with Crippen molar-refractivity contribution in [3.63, 3.8) is 0 Å². The summed E-state index contributed by atoms with van der Waals surface area (Å²) < 4.78 is 127. The quantitative estimate of drug-likeness (QED) is 0.207. The highest BCUT2D eigenvalue weighted by molar-refractivity contribution is 5.74. The van der Waals surface area contributed by atoms with E-state index >= 15 is 0 Å². The van der Waals surface area contributed by atoms with E-state index in [2.05, 4.69) is 34.3 Å². The number of likely N-dealkylation sites (tertiary alicyclic amines) is 2. The maximum absolute atomic E-state index is 10.6. The lowest BCUT2D eigenvalue weighted by Crippen LogP contribution is -2.51. The fourth-order valence-electron chi connectivity index (χ4n) is 5.08. The number of nitrogens with zero attached hydrogens (tertiary/aromatic N) is 2. The molecule has 4 aliphatic rings. The van der Waals surface area contributed by atoms with Gasteiger partial charge in [0.25, 0.3) is 0 Å². The molecular formula is C28H44F12N4O8. The highest BCUT2D eigenvalue weighted by Crippen LogP contribution is 2.30. The monoisotopic (exact) mass is 792 g/mol. The predicted molar refractivity (Wildman–Crippen MR) is 157 cm³/mol. The molecule has 0 spiro atoms. The van der Waals surface area contributed by atoms with E-state index in [1.54, 1.807) is 0 Å². The van der Waals surface area contributed by atoms with Gasteiger partial charge < -0.3 is 31.1 Å². The Bertz CT molecular complexity index is 947. The minimum absolute atomic E-state index is 0.530. The van der Waals surface area contributed by atoms with E-state index in [0.717, 1.165) is 0 Å². The van der Waals surface area contributed by atoms with Crippen LogP contribution in [0, 0.1) is 0 Å². The summed E-state index contributed by atoms with van der Waals surface area (Å²) in [6.07, 6.45) is -9.29. The maximum atomic E-state index is 10.6. The standard InChI is InChI=1S/2C10H20N2.4C2HF3O2/c2*1-10(4-6-11-7-5-10)12-8-2-3-9-12;4*3-2(4,5)1(6)7/h2*11H,2-9H2,1H3;4*(H,6,7). The van der Waals surface area contributed by atoms with Crippen molar-refractivity contribution in [1.82, 2.24) is 20.4 Å². The third-order valence-corrected chi connectivity index (χ3v) is 8.07. The zero-order valence-electron chi connectivity index (χ0n) is 28.2. The number of alkyl halides is 12. The Balaban J connectivity index is 0. The number of carbonyl (C=O) groups is 4. The minimum Gasteiger partial charge on any atom is -0.475 e. The van der Waals surface area contributed by atoms with Gasteiger partial charge in [-0.1, -0.05) is 0 Å². The summed E-state index contributed by atoms with van der Waals surface area (Å²) in [5.74, 6) is -11.0. The summed E-state index contributed by atoms with van der Waals surface area (Å²) in [5.41, 5.74) is 1.06. The number of halogens is 12. The van der Waals surface area contributed by atoms with E-state index in [0.29, 0.717) is 11.1 Å². The van der Waals surface area contributed by atoms with Gasteiger partial charge >= 0.3 is 48.6 Å². The van der Waals surface area contributed by atoms with Crippen molar-refractivity contribution < 1.29 is 92.3 Å². The highest BCUT2D eigenvalue weighted by Gasteiger charge is 2.40. The first kappa shape index (κ1) is 51.0. The van der Waals surface area contributed by atoms with Crippen LogP contribution in [-0.4, -0.2) is 142 Å². The van der Waals surface area contributed by atoms with Gasteiger partial charge in [0.05, 0.1) is 0 Å². The Hall–Kier alpha value is -3.12. The molecule has 0 saturated carbocycles. The van der Waals surface area contributed by atoms with Gasteiger partial charge in [-0.05, 0) is 118 Å². The lowest BCUT2D eigenvalue weighted by atomic mass is 9.89. The summed E-state index contributed by atoms with van der Waals surface area (Å²) in [4.78, 5) is 41.0. The average molecular weight is 793 g/mol. The third-order valence-electron chi connectivity index (χ3n) is 8.07. The van der Waals surface area contributed by atoms with Crippen molar-refractivity contribution >= 4 is 23.9 Å². The van der Waals surface area contributed by atoms with Gasteiger partial charge in [0.15, 0.2) is 0 Å². The van der Waals surface area contributed by atoms with Crippen molar-refractivity contribution in [2.45, 2.75) is 101 Å². The fourth-order valence-corrected chi connectivity index (χ4v) is 5.08. The summed E-state index contributed by atoms with van der Waals surface area (Å²) in [6.45, 7) is 15.1. The molecule has 4 fully saturated rings. The average Bonchev–Trinajstić information content (AvgIpc) is 3.74. The molecule has 0 aromatic carbocycles. The first-order chi connectivity index (χ1) is 23.4. The Morgan fingerprint density at radius 3 is 0.731 bits per heavy atom. The number of nitrogens with one attached hydrogen (secondary N) is 2. The molecule has 0 unspecified atom stereocenters. The number of carboxylic acids is 4. The van der Waals surface area contributed by atoms with Crippen molar-refractivity contribution in [3.8, 4) is 0 Å². The molecule has 0 aromatic rings. The molecule has 0 aromatic heterocycles. The number of hydrogen-bond donors (Lipinski definition) is 6. The van der Waals surface area contributed by atoms with Crippen LogP contribution >= 0.6 is 0 Å². The Labute approximate surface area is 290 Å². The Morgan fingerprint density at radius 2 is 0.596 bits per heavy atom. The summed E-state index contributed by atoms with van der Waals surface area (Å²) in [7, 11) is 0. The minimum atomic E-state index is -5.08. The SMILES string of the molecule is CC1(N2CCCC2)CCNCC1.CC1(N2CCCC2)CCNCC1.O=C(O)C(F)(F)F.O=C(O)C(F)(F)F.O=C(O)C(F)(F)F.O=C(O)C(F)(F)F. The first-order valence-electron chi connectivity index (χ1n) is 15.5. The predicted octanol–water partition coefficient (Wildman–Crippen LogP) is 4.98. The van der Waals surface area contributed by atoms with E-state index in [9.17, 15) is 52.7 Å². The lowest BCUT2D eigenvalue weighted by molar-refractivity contribution is -0.193. The molecule has 0 atom stereocenters. The molecule has 6 N–H and O–H groups in total. The Kier molecular flexibility index (Phi) is 21.7. The van der Waals surface area contributed by atoms with E-state index in [4.69, 9.17) is 39.6 Å². The van der Waals surface area contributed by atoms with Crippen molar-refractivity contribution in [3.05, 3.63) is 0 Å². The van der Waals surface area contributed by atoms with E-state index < -0.39 is 48.6 Å². The van der Waals surface area contributed by atoms with Crippen molar-refractivity contribution in [2.75, 3.05) is 52.4 Å². The molecule has 4 heterocycles. The van der Waals surface area contributed by atoms with E-state index in [-0.39, 0.29) is 0 Å². The normalized spacial score (nSPS) is 20.3. The van der Waals surface area contributed by atoms with E-state index in [1.165, 1.54) is 104 Å². The molecule has 0 amide bonds. The van der Waals surface area contributed by atoms with Gasteiger partial charge in [-0.15, -0.1) is 0 Å². The van der Waals surface area contributed by atoms with Crippen LogP contribution in [0.1, 0.15) is 65.2 Å². The molecule has 0 bridgehead atoms. The molecule has 12 nitrogen and oxygen atoms in total. The molecule has 308 valence electrons. The van der Waals surface area contributed by atoms with Gasteiger partial charge in [0.2, 0.25) is 0 Å². The molecule has 4 saturated heterocycles. The number of carboxylic acid groups (broad SMARTS) is 4. The largest absolute Gasteiger partial charge is 0.490 e. The first-order valence-corrected chi connectivity index (χ1v) is 15.5. The van der Waals surface area contributed by atoms with Crippen LogP contribution in [0.25, 0.3) is 0 Å². The summed E-state index contributed by atoms with van der Waals surface area (Å²) >= 11 is 0. The number of aliphatic carboxylic acids is 4. The highest BCUT2D eigenvalue weighted by atomic mass is 19.4. The maximum Gasteiger partial charge on any atom is 0.490 e. The Morgan fingerprint density at radius 1 is 0.442 bits per heavy atom. The molecule has 0 radical (unpaired) electrons. The number of rotatable bonds is 2. The van der Waals surface area contributed by atoms with Gasteiger partial charge in [-0.2, -0.15) is 52.7 Å². The van der Waals surface area contributed by atoms with Crippen LogP contribution in [0.5, 0.6) is 0 Å². The number of piperidine rings is 2. The van der Waals surface area contributed by atoms with Crippen molar-refractivity contribution in [2.24, 2.45) is 0 Å². The van der Waals surface area contributed by atoms with E-state index in [1.807, 2.05) is 0 Å². The zero-order chi connectivity index (χ0) is 41.2. The second kappa shape index (κ2) is 22.2. The second-order valence-corrected chi connectivity index (χ2v) is 12.1. The molecule has 4 aliphatic heterocycles. The number of hydrogen-bond acceptors (Lipinski definition) is 8. The van der Waals surface area contributed by atoms with Crippen LogP contribution < -0.4 is 10.6 Å². The van der Waals surface area contributed by atoms with Gasteiger partial charge in [-0.3, -0.25) is 9.80 Å². The molecule has 4 rings (SSSR count). The summed E-state index contributed by atoms with van der Waals surface area (Å²) in [6, 6.07) is 0. The van der Waals surface area contributed by atoms with Crippen LogP contribution in [0.4, 0.5) is 52.7 Å². The zero-order valence-corrected chi connectivity index (χ0v) is 28.2. The summed E-state index contributed by atoms with van der Waals surface area (Å²) in [5, 5.41) is 35.4. The molecule has 0 aliphatic carbocycles.